The zero-order chi connectivity index (χ0) is 19.5. The fourth-order valence-corrected chi connectivity index (χ4v) is 3.62. The number of nitrogens with two attached hydrogens (primary N) is 1. The molecule has 6 nitrogen and oxygen atoms in total. The average Bonchev–Trinajstić information content (AvgIpc) is 3.11. The lowest BCUT2D eigenvalue weighted by molar-refractivity contribution is -0.123. The van der Waals surface area contributed by atoms with Crippen LogP contribution in [0.25, 0.3) is 11.0 Å². The Bertz CT molecular complexity index is 996. The van der Waals surface area contributed by atoms with E-state index in [1.54, 1.807) is 4.90 Å². The summed E-state index contributed by atoms with van der Waals surface area (Å²) in [6, 6.07) is 17.0. The van der Waals surface area contributed by atoms with Crippen molar-refractivity contribution in [3.8, 4) is 5.75 Å². The topological polar surface area (TPSA) is 85.8 Å². The minimum atomic E-state index is -0.366. The van der Waals surface area contributed by atoms with Gasteiger partial charge in [-0.3, -0.25) is 9.59 Å². The molecule has 0 bridgehead atoms. The first-order chi connectivity index (χ1) is 13.6. The minimum Gasteiger partial charge on any atom is -0.489 e. The molecule has 2 aromatic carbocycles. The lowest BCUT2D eigenvalue weighted by Gasteiger charge is -2.30. The van der Waals surface area contributed by atoms with Gasteiger partial charge in [-0.2, -0.15) is 0 Å². The molecule has 144 valence electrons. The Morgan fingerprint density at radius 1 is 1.11 bits per heavy atom. The van der Waals surface area contributed by atoms with Crippen LogP contribution in [0.4, 0.5) is 0 Å². The molecular formula is C22H22N2O4. The summed E-state index contributed by atoms with van der Waals surface area (Å²) >= 11 is 0. The Morgan fingerprint density at radius 2 is 1.86 bits per heavy atom. The largest absolute Gasteiger partial charge is 0.489 e. The fraction of sp³-hybridized carbons (Fsp3) is 0.273. The second-order valence-electron chi connectivity index (χ2n) is 7.00. The Morgan fingerprint density at radius 3 is 2.64 bits per heavy atom. The first-order valence-corrected chi connectivity index (χ1v) is 9.40. The highest BCUT2D eigenvalue weighted by Gasteiger charge is 2.31. The van der Waals surface area contributed by atoms with Crippen LogP contribution in [0.2, 0.25) is 0 Å². The first-order valence-electron chi connectivity index (χ1n) is 9.40. The Kier molecular flexibility index (Phi) is 5.02. The molecule has 1 fully saturated rings. The highest BCUT2D eigenvalue weighted by Crippen LogP contribution is 2.29. The van der Waals surface area contributed by atoms with Gasteiger partial charge in [-0.15, -0.1) is 0 Å². The normalized spacial score (nSPS) is 16.9. The van der Waals surface area contributed by atoms with Crippen molar-refractivity contribution in [2.24, 2.45) is 11.7 Å². The van der Waals surface area contributed by atoms with E-state index in [1.165, 1.54) is 0 Å². The summed E-state index contributed by atoms with van der Waals surface area (Å²) in [6.07, 6.45) is 1.46. The molecule has 0 aliphatic carbocycles. The zero-order valence-electron chi connectivity index (χ0n) is 15.5. The molecule has 0 spiro atoms. The predicted octanol–water partition coefficient (Wildman–Crippen LogP) is 3.35. The first kappa shape index (κ1) is 18.1. The van der Waals surface area contributed by atoms with Crippen LogP contribution in [0.15, 0.2) is 59.0 Å². The lowest BCUT2D eigenvalue weighted by atomic mass is 9.97. The van der Waals surface area contributed by atoms with Crippen LogP contribution in [0.1, 0.15) is 29.0 Å². The molecule has 1 aliphatic heterocycles. The number of carbonyl (C=O) groups excluding carboxylic acids is 2. The second kappa shape index (κ2) is 7.76. The molecule has 2 N–H and O–H groups in total. The highest BCUT2D eigenvalue weighted by molar-refractivity contribution is 5.99. The number of para-hydroxylation sites is 2. The van der Waals surface area contributed by atoms with Crippen molar-refractivity contribution in [1.29, 1.82) is 0 Å². The van der Waals surface area contributed by atoms with Crippen LogP contribution in [0.5, 0.6) is 5.75 Å². The molecule has 1 aliphatic rings. The molecule has 6 heteroatoms. The maximum atomic E-state index is 13.2. The van der Waals surface area contributed by atoms with Crippen molar-refractivity contribution >= 4 is 22.8 Å². The monoisotopic (exact) mass is 378 g/mol. The number of primary amides is 1. The van der Waals surface area contributed by atoms with E-state index in [9.17, 15) is 9.59 Å². The molecule has 1 aromatic heterocycles. The number of ether oxygens (including phenoxy) is 1. The van der Waals surface area contributed by atoms with Gasteiger partial charge in [0.05, 0.1) is 5.92 Å². The number of piperidine rings is 1. The number of amides is 2. The van der Waals surface area contributed by atoms with Gasteiger partial charge >= 0.3 is 0 Å². The summed E-state index contributed by atoms with van der Waals surface area (Å²) in [4.78, 5) is 26.4. The number of hydrogen-bond acceptors (Lipinski definition) is 4. The quantitative estimate of drug-likeness (QED) is 0.738. The van der Waals surface area contributed by atoms with Crippen LogP contribution < -0.4 is 10.5 Å². The summed E-state index contributed by atoms with van der Waals surface area (Å²) < 4.78 is 11.8. The van der Waals surface area contributed by atoms with Crippen molar-refractivity contribution in [3.63, 3.8) is 0 Å². The summed E-state index contributed by atoms with van der Waals surface area (Å²) in [5.41, 5.74) is 6.80. The van der Waals surface area contributed by atoms with E-state index in [0.717, 1.165) is 17.6 Å². The molecule has 0 saturated carbocycles. The average molecular weight is 378 g/mol. The van der Waals surface area contributed by atoms with Gasteiger partial charge < -0.3 is 19.8 Å². The van der Waals surface area contributed by atoms with E-state index in [0.29, 0.717) is 30.7 Å². The van der Waals surface area contributed by atoms with Crippen molar-refractivity contribution in [2.45, 2.75) is 19.4 Å². The van der Waals surface area contributed by atoms with Crippen LogP contribution in [-0.2, 0) is 11.4 Å². The van der Waals surface area contributed by atoms with Crippen LogP contribution >= 0.6 is 0 Å². The molecule has 2 amide bonds. The van der Waals surface area contributed by atoms with E-state index in [-0.39, 0.29) is 30.1 Å². The summed E-state index contributed by atoms with van der Waals surface area (Å²) in [5.74, 6) is 0.0786. The summed E-state index contributed by atoms with van der Waals surface area (Å²) in [7, 11) is 0. The summed E-state index contributed by atoms with van der Waals surface area (Å²) in [6.45, 7) is 1.12. The van der Waals surface area contributed by atoms with E-state index < -0.39 is 0 Å². The smallest absolute Gasteiger partial charge is 0.290 e. The van der Waals surface area contributed by atoms with Gasteiger partial charge in [0.15, 0.2) is 5.76 Å². The van der Waals surface area contributed by atoms with Gasteiger partial charge in [0.25, 0.3) is 5.91 Å². The number of nitrogens with zero attached hydrogens (tertiary/aromatic N) is 1. The van der Waals surface area contributed by atoms with E-state index in [2.05, 4.69) is 0 Å². The maximum absolute atomic E-state index is 13.2. The van der Waals surface area contributed by atoms with Crippen molar-refractivity contribution < 1.29 is 18.7 Å². The number of fused-ring (bicyclic) bond motifs is 1. The number of hydrogen-bond donors (Lipinski definition) is 1. The zero-order valence-corrected chi connectivity index (χ0v) is 15.5. The van der Waals surface area contributed by atoms with Gasteiger partial charge in [0.2, 0.25) is 5.91 Å². The molecule has 3 aromatic rings. The Hall–Kier alpha value is -3.28. The molecule has 0 radical (unpaired) electrons. The van der Waals surface area contributed by atoms with E-state index in [1.807, 2.05) is 54.6 Å². The molecule has 1 unspecified atom stereocenters. The van der Waals surface area contributed by atoms with Crippen molar-refractivity contribution in [1.82, 2.24) is 4.90 Å². The lowest BCUT2D eigenvalue weighted by Crippen LogP contribution is -2.44. The molecular weight excluding hydrogens is 356 g/mol. The third-order valence-electron chi connectivity index (χ3n) is 5.13. The number of likely N-dealkylation sites (tertiary alicyclic amines) is 1. The van der Waals surface area contributed by atoms with Gasteiger partial charge in [-0.25, -0.2) is 0 Å². The van der Waals surface area contributed by atoms with Gasteiger partial charge in [-0.05, 0) is 31.0 Å². The maximum Gasteiger partial charge on any atom is 0.290 e. The molecule has 28 heavy (non-hydrogen) atoms. The highest BCUT2D eigenvalue weighted by atomic mass is 16.5. The summed E-state index contributed by atoms with van der Waals surface area (Å²) in [5, 5.41) is 0.852. The predicted molar refractivity (Wildman–Crippen MR) is 105 cm³/mol. The van der Waals surface area contributed by atoms with Crippen LogP contribution in [0.3, 0.4) is 0 Å². The van der Waals surface area contributed by atoms with Gasteiger partial charge in [-0.1, -0.05) is 36.4 Å². The number of carbonyl (C=O) groups is 2. The number of benzene rings is 2. The Labute approximate surface area is 162 Å². The van der Waals surface area contributed by atoms with Crippen molar-refractivity contribution in [2.75, 3.05) is 13.1 Å². The minimum absolute atomic E-state index is 0.217. The number of rotatable bonds is 5. The van der Waals surface area contributed by atoms with Crippen LogP contribution in [0, 0.1) is 5.92 Å². The SMILES string of the molecule is NC(=O)C1CCCN(C(=O)c2oc3ccccc3c2COc2ccccc2)C1. The molecule has 1 saturated heterocycles. The second-order valence-corrected chi connectivity index (χ2v) is 7.00. The van der Waals surface area contributed by atoms with E-state index in [4.69, 9.17) is 14.9 Å². The van der Waals surface area contributed by atoms with Crippen molar-refractivity contribution in [3.05, 3.63) is 65.9 Å². The third-order valence-corrected chi connectivity index (χ3v) is 5.13. The van der Waals surface area contributed by atoms with Crippen LogP contribution in [-0.4, -0.2) is 29.8 Å². The van der Waals surface area contributed by atoms with E-state index >= 15 is 0 Å². The Balaban J connectivity index is 1.64. The fourth-order valence-electron chi connectivity index (χ4n) is 3.62. The number of furan rings is 1. The standard InChI is InChI=1S/C22H22N2O4/c23-21(25)15-7-6-12-24(13-15)22(26)20-18(14-27-16-8-2-1-3-9-16)17-10-4-5-11-19(17)28-20/h1-5,8-11,15H,6-7,12-14H2,(H2,23,25). The third kappa shape index (κ3) is 3.58. The molecule has 1 atom stereocenters. The van der Waals surface area contributed by atoms with Gasteiger partial charge in [0.1, 0.15) is 17.9 Å². The molecule has 4 rings (SSSR count). The van der Waals surface area contributed by atoms with Gasteiger partial charge in [0, 0.05) is 24.0 Å². The molecule has 2 heterocycles.